The Labute approximate surface area is 130 Å². The van der Waals surface area contributed by atoms with Crippen molar-refractivity contribution >= 4 is 17.3 Å². The standard InChI is InChI=1S/C17H20FN3O/c1-3-4-9-21(2)17(22)13-10-16(12-19-11-13)20-15-7-5-14(18)6-8-15/h5-8,10-12,20H,3-4,9H2,1-2H3. The number of nitrogens with zero attached hydrogens (tertiary/aromatic N) is 2. The number of halogens is 1. The molecule has 5 heteroatoms. The van der Waals surface area contributed by atoms with Gasteiger partial charge >= 0.3 is 0 Å². The molecule has 0 atom stereocenters. The average Bonchev–Trinajstić information content (AvgIpc) is 2.54. The summed E-state index contributed by atoms with van der Waals surface area (Å²) in [6.07, 6.45) is 5.21. The van der Waals surface area contributed by atoms with Gasteiger partial charge in [0.15, 0.2) is 0 Å². The topological polar surface area (TPSA) is 45.2 Å². The van der Waals surface area contributed by atoms with Crippen LogP contribution < -0.4 is 5.32 Å². The van der Waals surface area contributed by atoms with Gasteiger partial charge in [-0.25, -0.2) is 4.39 Å². The second-order valence-electron chi connectivity index (χ2n) is 5.17. The van der Waals surface area contributed by atoms with Crippen LogP contribution >= 0.6 is 0 Å². The first kappa shape index (κ1) is 15.9. The number of pyridine rings is 1. The maximum Gasteiger partial charge on any atom is 0.255 e. The summed E-state index contributed by atoms with van der Waals surface area (Å²) in [5.41, 5.74) is 1.97. The molecule has 1 aromatic heterocycles. The summed E-state index contributed by atoms with van der Waals surface area (Å²) in [4.78, 5) is 18.1. The van der Waals surface area contributed by atoms with Crippen molar-refractivity contribution in [1.82, 2.24) is 9.88 Å². The molecule has 0 unspecified atom stereocenters. The molecule has 2 rings (SSSR count). The molecule has 0 aliphatic heterocycles. The van der Waals surface area contributed by atoms with Gasteiger partial charge in [0, 0.05) is 25.5 Å². The highest BCUT2D eigenvalue weighted by Crippen LogP contribution is 2.17. The van der Waals surface area contributed by atoms with E-state index in [4.69, 9.17) is 0 Å². The van der Waals surface area contributed by atoms with Gasteiger partial charge in [0.1, 0.15) is 5.82 Å². The molecule has 2 aromatic rings. The van der Waals surface area contributed by atoms with E-state index in [1.165, 1.54) is 12.1 Å². The third-order valence-corrected chi connectivity index (χ3v) is 3.31. The third-order valence-electron chi connectivity index (χ3n) is 3.31. The lowest BCUT2D eigenvalue weighted by Gasteiger charge is -2.17. The van der Waals surface area contributed by atoms with Gasteiger partial charge < -0.3 is 10.2 Å². The number of carbonyl (C=O) groups is 1. The molecule has 1 aromatic carbocycles. The average molecular weight is 301 g/mol. The van der Waals surface area contributed by atoms with Crippen molar-refractivity contribution in [3.8, 4) is 0 Å². The van der Waals surface area contributed by atoms with Crippen LogP contribution in [0, 0.1) is 5.82 Å². The van der Waals surface area contributed by atoms with E-state index >= 15 is 0 Å². The van der Waals surface area contributed by atoms with Gasteiger partial charge in [-0.1, -0.05) is 13.3 Å². The molecule has 1 heterocycles. The highest BCUT2D eigenvalue weighted by molar-refractivity contribution is 5.94. The number of unbranched alkanes of at least 4 members (excludes halogenated alkanes) is 1. The van der Waals surface area contributed by atoms with E-state index in [9.17, 15) is 9.18 Å². The van der Waals surface area contributed by atoms with Crippen LogP contribution in [-0.4, -0.2) is 29.4 Å². The van der Waals surface area contributed by atoms with Gasteiger partial charge in [0.25, 0.3) is 5.91 Å². The van der Waals surface area contributed by atoms with E-state index in [1.807, 2.05) is 0 Å². The second kappa shape index (κ2) is 7.54. The van der Waals surface area contributed by atoms with E-state index in [1.54, 1.807) is 42.5 Å². The summed E-state index contributed by atoms with van der Waals surface area (Å²) < 4.78 is 12.9. The molecule has 116 valence electrons. The molecule has 1 amide bonds. The second-order valence-corrected chi connectivity index (χ2v) is 5.17. The minimum absolute atomic E-state index is 0.0521. The van der Waals surface area contributed by atoms with Gasteiger partial charge in [0.2, 0.25) is 0 Å². The Balaban J connectivity index is 2.09. The Hall–Kier alpha value is -2.43. The fraction of sp³-hybridized carbons (Fsp3) is 0.294. The van der Waals surface area contributed by atoms with Crippen LogP contribution in [-0.2, 0) is 0 Å². The predicted molar refractivity (Wildman–Crippen MR) is 85.8 cm³/mol. The molecule has 0 fully saturated rings. The van der Waals surface area contributed by atoms with Crippen molar-refractivity contribution in [2.75, 3.05) is 18.9 Å². The summed E-state index contributed by atoms with van der Waals surface area (Å²) in [6, 6.07) is 7.78. The number of carbonyl (C=O) groups excluding carboxylic acids is 1. The normalized spacial score (nSPS) is 10.3. The maximum absolute atomic E-state index is 12.9. The number of aromatic nitrogens is 1. The Morgan fingerprint density at radius 1 is 1.23 bits per heavy atom. The molecule has 0 radical (unpaired) electrons. The summed E-state index contributed by atoms with van der Waals surface area (Å²) in [5.74, 6) is -0.339. The molecule has 1 N–H and O–H groups in total. The number of nitrogens with one attached hydrogen (secondary N) is 1. The van der Waals surface area contributed by atoms with Crippen molar-refractivity contribution in [3.05, 3.63) is 54.1 Å². The van der Waals surface area contributed by atoms with Gasteiger partial charge in [-0.2, -0.15) is 0 Å². The van der Waals surface area contributed by atoms with Crippen LogP contribution in [0.2, 0.25) is 0 Å². The minimum atomic E-state index is -0.287. The number of amides is 1. The van der Waals surface area contributed by atoms with Gasteiger partial charge in [-0.15, -0.1) is 0 Å². The van der Waals surface area contributed by atoms with Crippen molar-refractivity contribution in [3.63, 3.8) is 0 Å². The summed E-state index contributed by atoms with van der Waals surface area (Å²) >= 11 is 0. The SMILES string of the molecule is CCCCN(C)C(=O)c1cncc(Nc2ccc(F)cc2)c1. The molecule has 4 nitrogen and oxygen atoms in total. The van der Waals surface area contributed by atoms with Crippen LogP contribution in [0.5, 0.6) is 0 Å². The first-order valence-electron chi connectivity index (χ1n) is 7.33. The quantitative estimate of drug-likeness (QED) is 0.882. The smallest absolute Gasteiger partial charge is 0.255 e. The Kier molecular flexibility index (Phi) is 5.47. The van der Waals surface area contributed by atoms with E-state index < -0.39 is 0 Å². The van der Waals surface area contributed by atoms with Crippen LogP contribution in [0.25, 0.3) is 0 Å². The van der Waals surface area contributed by atoms with E-state index in [-0.39, 0.29) is 11.7 Å². The van der Waals surface area contributed by atoms with Gasteiger partial charge in [-0.05, 0) is 36.8 Å². The van der Waals surface area contributed by atoms with Gasteiger partial charge in [0.05, 0.1) is 17.4 Å². The minimum Gasteiger partial charge on any atom is -0.354 e. The van der Waals surface area contributed by atoms with Crippen molar-refractivity contribution in [2.45, 2.75) is 19.8 Å². The first-order chi connectivity index (χ1) is 10.6. The lowest BCUT2D eigenvalue weighted by Crippen LogP contribution is -2.27. The van der Waals surface area contributed by atoms with E-state index in [0.29, 0.717) is 11.3 Å². The molecule has 0 aliphatic carbocycles. The first-order valence-corrected chi connectivity index (χ1v) is 7.33. The highest BCUT2D eigenvalue weighted by atomic mass is 19.1. The van der Waals surface area contributed by atoms with Crippen LogP contribution in [0.4, 0.5) is 15.8 Å². The zero-order chi connectivity index (χ0) is 15.9. The lowest BCUT2D eigenvalue weighted by atomic mass is 10.2. The molecule has 0 saturated heterocycles. The molecule has 22 heavy (non-hydrogen) atoms. The Morgan fingerprint density at radius 3 is 2.64 bits per heavy atom. The lowest BCUT2D eigenvalue weighted by molar-refractivity contribution is 0.0793. The zero-order valence-corrected chi connectivity index (χ0v) is 12.8. The third kappa shape index (κ3) is 4.28. The van der Waals surface area contributed by atoms with Gasteiger partial charge in [-0.3, -0.25) is 9.78 Å². The van der Waals surface area contributed by atoms with E-state index in [0.717, 1.165) is 25.1 Å². The number of benzene rings is 1. The molecule has 0 saturated carbocycles. The number of hydrogen-bond acceptors (Lipinski definition) is 3. The number of anilines is 2. The molecule has 0 aliphatic rings. The predicted octanol–water partition coefficient (Wildman–Crippen LogP) is 3.84. The monoisotopic (exact) mass is 301 g/mol. The highest BCUT2D eigenvalue weighted by Gasteiger charge is 2.12. The number of rotatable bonds is 6. The van der Waals surface area contributed by atoms with Crippen LogP contribution in [0.1, 0.15) is 30.1 Å². The molecular formula is C17H20FN3O. The van der Waals surface area contributed by atoms with Crippen molar-refractivity contribution in [1.29, 1.82) is 0 Å². The summed E-state index contributed by atoms with van der Waals surface area (Å²) in [6.45, 7) is 2.82. The Bertz CT molecular complexity index is 628. The molecule has 0 bridgehead atoms. The number of hydrogen-bond donors (Lipinski definition) is 1. The zero-order valence-electron chi connectivity index (χ0n) is 12.8. The molecular weight excluding hydrogens is 281 g/mol. The fourth-order valence-corrected chi connectivity index (χ4v) is 2.04. The van der Waals surface area contributed by atoms with Crippen LogP contribution in [0.15, 0.2) is 42.7 Å². The van der Waals surface area contributed by atoms with Crippen molar-refractivity contribution in [2.24, 2.45) is 0 Å². The molecule has 0 spiro atoms. The largest absolute Gasteiger partial charge is 0.354 e. The Morgan fingerprint density at radius 2 is 1.95 bits per heavy atom. The summed E-state index contributed by atoms with van der Waals surface area (Å²) in [7, 11) is 1.79. The fourth-order valence-electron chi connectivity index (χ4n) is 2.04. The van der Waals surface area contributed by atoms with Crippen molar-refractivity contribution < 1.29 is 9.18 Å². The summed E-state index contributed by atoms with van der Waals surface area (Å²) in [5, 5.41) is 3.11. The van der Waals surface area contributed by atoms with E-state index in [2.05, 4.69) is 17.2 Å². The van der Waals surface area contributed by atoms with Crippen LogP contribution in [0.3, 0.4) is 0 Å². The maximum atomic E-state index is 12.9.